The van der Waals surface area contributed by atoms with Crippen LogP contribution in [-0.4, -0.2) is 39.8 Å². The van der Waals surface area contributed by atoms with Crippen LogP contribution >= 0.6 is 0 Å². The van der Waals surface area contributed by atoms with E-state index in [1.54, 1.807) is 18.7 Å². The number of ketones is 1. The van der Waals surface area contributed by atoms with Gasteiger partial charge in [0.05, 0.1) is 31.2 Å². The van der Waals surface area contributed by atoms with Crippen molar-refractivity contribution in [2.75, 3.05) is 14.2 Å². The predicted octanol–water partition coefficient (Wildman–Crippen LogP) is 4.03. The molecule has 0 saturated heterocycles. The fourth-order valence-electron chi connectivity index (χ4n) is 4.36. The van der Waals surface area contributed by atoms with Crippen LogP contribution in [0.1, 0.15) is 39.8 Å². The zero-order valence-corrected chi connectivity index (χ0v) is 17.6. The molecule has 0 unspecified atom stereocenters. The smallest absolute Gasteiger partial charge is 0.185 e. The van der Waals surface area contributed by atoms with E-state index in [1.165, 1.54) is 0 Å². The number of aryl methyl sites for hydroxylation is 1. The minimum atomic E-state index is -0.0233. The average Bonchev–Trinajstić information content (AvgIpc) is 3.15. The quantitative estimate of drug-likeness (QED) is 0.502. The van der Waals surface area contributed by atoms with Crippen LogP contribution in [0.2, 0.25) is 0 Å². The highest BCUT2D eigenvalue weighted by Gasteiger charge is 2.32. The highest BCUT2D eigenvalue weighted by molar-refractivity contribution is 5.97. The minimum absolute atomic E-state index is 0.00288. The van der Waals surface area contributed by atoms with Crippen molar-refractivity contribution in [3.05, 3.63) is 71.2 Å². The molecule has 2 heterocycles. The van der Waals surface area contributed by atoms with Crippen LogP contribution in [0.25, 0.3) is 16.8 Å². The highest BCUT2D eigenvalue weighted by atomic mass is 16.5. The third kappa shape index (κ3) is 3.13. The molecular formula is C24H22N4O3. The zero-order valence-electron chi connectivity index (χ0n) is 17.6. The summed E-state index contributed by atoms with van der Waals surface area (Å²) in [5.41, 5.74) is 5.73. The summed E-state index contributed by atoms with van der Waals surface area (Å²) in [5, 5.41) is 13.4. The molecule has 0 amide bonds. The number of methoxy groups -OCH3 is 2. The van der Waals surface area contributed by atoms with Crippen LogP contribution < -0.4 is 9.47 Å². The second-order valence-electron chi connectivity index (χ2n) is 7.70. The van der Waals surface area contributed by atoms with E-state index in [1.807, 2.05) is 55.5 Å². The topological polar surface area (TPSA) is 78.6 Å². The molecule has 156 valence electrons. The average molecular weight is 414 g/mol. The van der Waals surface area contributed by atoms with E-state index in [0.717, 1.165) is 28.1 Å². The first-order valence-corrected chi connectivity index (χ1v) is 10.2. The van der Waals surface area contributed by atoms with E-state index < -0.39 is 0 Å². The summed E-state index contributed by atoms with van der Waals surface area (Å²) in [6.45, 7) is 1.96. The molecule has 4 aromatic rings. The van der Waals surface area contributed by atoms with Gasteiger partial charge in [-0.1, -0.05) is 36.4 Å². The molecule has 0 radical (unpaired) electrons. The van der Waals surface area contributed by atoms with Crippen LogP contribution in [0.5, 0.6) is 11.5 Å². The van der Waals surface area contributed by atoms with Gasteiger partial charge in [0.1, 0.15) is 0 Å². The first-order chi connectivity index (χ1) is 15.1. The number of carbonyl (C=O) groups excluding carboxylic acids is 1. The number of rotatable bonds is 4. The molecule has 7 nitrogen and oxygen atoms in total. The SMILES string of the molecule is COc1ccc([C@H]2CC(=O)c3nnc4c(-c5ccccc5)c(C)nn4c3C2)cc1OC. The van der Waals surface area contributed by atoms with Crippen molar-refractivity contribution >= 4 is 11.4 Å². The summed E-state index contributed by atoms with van der Waals surface area (Å²) >= 11 is 0. The van der Waals surface area contributed by atoms with Gasteiger partial charge in [-0.15, -0.1) is 10.2 Å². The lowest BCUT2D eigenvalue weighted by Crippen LogP contribution is -2.24. The van der Waals surface area contributed by atoms with Gasteiger partial charge in [-0.05, 0) is 42.5 Å². The van der Waals surface area contributed by atoms with Crippen molar-refractivity contribution in [2.45, 2.75) is 25.7 Å². The Kier molecular flexibility index (Phi) is 4.66. The largest absolute Gasteiger partial charge is 0.493 e. The van der Waals surface area contributed by atoms with Crippen molar-refractivity contribution in [2.24, 2.45) is 0 Å². The third-order valence-electron chi connectivity index (χ3n) is 5.89. The summed E-state index contributed by atoms with van der Waals surface area (Å²) in [6.07, 6.45) is 1.01. The van der Waals surface area contributed by atoms with Gasteiger partial charge in [0.15, 0.2) is 28.6 Å². The lowest BCUT2D eigenvalue weighted by atomic mass is 9.83. The molecule has 1 atom stereocenters. The van der Waals surface area contributed by atoms with Crippen LogP contribution in [0.3, 0.4) is 0 Å². The van der Waals surface area contributed by atoms with E-state index in [9.17, 15) is 4.79 Å². The number of ether oxygens (including phenoxy) is 2. The Morgan fingerprint density at radius 1 is 0.968 bits per heavy atom. The molecule has 1 aliphatic rings. The van der Waals surface area contributed by atoms with Gasteiger partial charge in [0.25, 0.3) is 0 Å². The van der Waals surface area contributed by atoms with E-state index >= 15 is 0 Å². The molecule has 0 saturated carbocycles. The number of hydrogen-bond donors (Lipinski definition) is 0. The fourth-order valence-corrected chi connectivity index (χ4v) is 4.36. The molecule has 0 aliphatic heterocycles. The third-order valence-corrected chi connectivity index (χ3v) is 5.89. The Hall–Kier alpha value is -3.74. The van der Waals surface area contributed by atoms with Gasteiger partial charge in [0, 0.05) is 6.42 Å². The molecule has 5 rings (SSSR count). The molecule has 7 heteroatoms. The Morgan fingerprint density at radius 2 is 1.74 bits per heavy atom. The standard InChI is InChI=1S/C24H22N4O3/c1-14-22(15-7-5-4-6-8-15)24-26-25-23-18(28(24)27-14)11-17(12-19(23)29)16-9-10-20(30-2)21(13-16)31-3/h4-10,13,17H,11-12H2,1-3H3/t17-/m1/s1. The number of benzene rings is 2. The van der Waals surface area contributed by atoms with Crippen molar-refractivity contribution in [1.82, 2.24) is 19.8 Å². The van der Waals surface area contributed by atoms with Crippen molar-refractivity contribution < 1.29 is 14.3 Å². The molecule has 0 bridgehead atoms. The van der Waals surface area contributed by atoms with Crippen LogP contribution in [0, 0.1) is 6.92 Å². The molecule has 0 N–H and O–H groups in total. The van der Waals surface area contributed by atoms with E-state index in [0.29, 0.717) is 35.7 Å². The van der Waals surface area contributed by atoms with E-state index in [2.05, 4.69) is 10.2 Å². The summed E-state index contributed by atoms with van der Waals surface area (Å²) in [6, 6.07) is 15.8. The van der Waals surface area contributed by atoms with Crippen LogP contribution in [-0.2, 0) is 6.42 Å². The van der Waals surface area contributed by atoms with Gasteiger partial charge >= 0.3 is 0 Å². The molecule has 0 fully saturated rings. The van der Waals surface area contributed by atoms with Crippen molar-refractivity contribution in [1.29, 1.82) is 0 Å². The number of nitrogens with zero attached hydrogens (tertiary/aromatic N) is 4. The van der Waals surface area contributed by atoms with Crippen molar-refractivity contribution in [3.63, 3.8) is 0 Å². The summed E-state index contributed by atoms with van der Waals surface area (Å²) in [7, 11) is 3.22. The number of aromatic nitrogens is 4. The Balaban J connectivity index is 1.62. The van der Waals surface area contributed by atoms with Gasteiger partial charge in [-0.25, -0.2) is 4.52 Å². The lowest BCUT2D eigenvalue weighted by molar-refractivity contribution is 0.0955. The minimum Gasteiger partial charge on any atom is -0.493 e. The van der Waals surface area contributed by atoms with Crippen molar-refractivity contribution in [3.8, 4) is 22.6 Å². The van der Waals surface area contributed by atoms with Gasteiger partial charge in [0.2, 0.25) is 0 Å². The molecule has 2 aromatic heterocycles. The Bertz CT molecular complexity index is 1300. The zero-order chi connectivity index (χ0) is 21.5. The predicted molar refractivity (Wildman–Crippen MR) is 116 cm³/mol. The van der Waals surface area contributed by atoms with Gasteiger partial charge in [-0.3, -0.25) is 4.79 Å². The van der Waals surface area contributed by atoms with Gasteiger partial charge in [-0.2, -0.15) is 5.10 Å². The highest BCUT2D eigenvalue weighted by Crippen LogP contribution is 2.37. The summed E-state index contributed by atoms with van der Waals surface area (Å²) < 4.78 is 12.6. The number of Topliss-reactive ketones (excluding diaryl/α,β-unsaturated/α-hetero) is 1. The maximum atomic E-state index is 13.0. The fraction of sp³-hybridized carbons (Fsp3) is 0.250. The molecule has 0 spiro atoms. The molecule has 31 heavy (non-hydrogen) atoms. The van der Waals surface area contributed by atoms with Crippen LogP contribution in [0.15, 0.2) is 48.5 Å². The molecule has 2 aromatic carbocycles. The second-order valence-corrected chi connectivity index (χ2v) is 7.70. The van der Waals surface area contributed by atoms with Crippen LogP contribution in [0.4, 0.5) is 0 Å². The maximum Gasteiger partial charge on any atom is 0.185 e. The number of hydrogen-bond acceptors (Lipinski definition) is 6. The summed E-state index contributed by atoms with van der Waals surface area (Å²) in [5.74, 6) is 1.29. The Morgan fingerprint density at radius 3 is 2.48 bits per heavy atom. The number of fused-ring (bicyclic) bond motifs is 3. The second kappa shape index (κ2) is 7.50. The monoisotopic (exact) mass is 414 g/mol. The summed E-state index contributed by atoms with van der Waals surface area (Å²) in [4.78, 5) is 13.0. The molecular weight excluding hydrogens is 392 g/mol. The van der Waals surface area contributed by atoms with E-state index in [4.69, 9.17) is 14.6 Å². The maximum absolute atomic E-state index is 13.0. The Labute approximate surface area is 179 Å². The lowest BCUT2D eigenvalue weighted by Gasteiger charge is -2.24. The first-order valence-electron chi connectivity index (χ1n) is 10.2. The van der Waals surface area contributed by atoms with Gasteiger partial charge < -0.3 is 9.47 Å². The first kappa shape index (κ1) is 19.2. The normalized spacial score (nSPS) is 15.7. The molecule has 1 aliphatic carbocycles. The number of carbonyl (C=O) groups is 1. The van der Waals surface area contributed by atoms with E-state index in [-0.39, 0.29) is 11.7 Å².